The van der Waals surface area contributed by atoms with E-state index in [4.69, 9.17) is 0 Å². The van der Waals surface area contributed by atoms with Crippen LogP contribution >= 0.6 is 0 Å². The fourth-order valence-electron chi connectivity index (χ4n) is 3.19. The molecule has 1 N–H and O–H groups in total. The van der Waals surface area contributed by atoms with Gasteiger partial charge in [-0.3, -0.25) is 19.4 Å². The van der Waals surface area contributed by atoms with Crippen molar-refractivity contribution in [3.8, 4) is 0 Å². The van der Waals surface area contributed by atoms with Gasteiger partial charge in [-0.25, -0.2) is 5.01 Å². The molecule has 1 unspecified atom stereocenters. The van der Waals surface area contributed by atoms with E-state index in [2.05, 4.69) is 6.92 Å². The molecule has 0 saturated carbocycles. The van der Waals surface area contributed by atoms with Crippen molar-refractivity contribution in [2.45, 2.75) is 51.9 Å². The maximum Gasteiger partial charge on any atom is 0.308 e. The van der Waals surface area contributed by atoms with Crippen molar-refractivity contribution in [1.82, 2.24) is 10.0 Å². The largest absolute Gasteiger partial charge is 0.481 e. The molecular formula is C20H28N2O4. The molecule has 2 amide bonds. The second kappa shape index (κ2) is 9.94. The molecule has 142 valence electrons. The van der Waals surface area contributed by atoms with Gasteiger partial charge in [0.25, 0.3) is 5.91 Å². The summed E-state index contributed by atoms with van der Waals surface area (Å²) in [4.78, 5) is 36.4. The molecule has 0 bridgehead atoms. The quantitative estimate of drug-likeness (QED) is 0.649. The number of hydrazine groups is 1. The van der Waals surface area contributed by atoms with Crippen LogP contribution in [0.2, 0.25) is 0 Å². The summed E-state index contributed by atoms with van der Waals surface area (Å²) in [5, 5.41) is 12.0. The number of hydrogen-bond donors (Lipinski definition) is 1. The molecule has 0 radical (unpaired) electrons. The van der Waals surface area contributed by atoms with Crippen LogP contribution in [-0.2, 0) is 9.59 Å². The van der Waals surface area contributed by atoms with Gasteiger partial charge in [-0.2, -0.15) is 0 Å². The summed E-state index contributed by atoms with van der Waals surface area (Å²) in [5.74, 6) is -2.29. The Morgan fingerprint density at radius 3 is 2.38 bits per heavy atom. The summed E-state index contributed by atoms with van der Waals surface area (Å²) in [6.07, 6.45) is 6.39. The number of hydrogen-bond acceptors (Lipinski definition) is 3. The number of carbonyl (C=O) groups is 3. The maximum atomic E-state index is 12.9. The Bertz CT molecular complexity index is 617. The SMILES string of the molecule is CCCCCCCCN(C(=O)c1ccccc1)N1CC(C(=O)O)CC1=O. The van der Waals surface area contributed by atoms with Crippen molar-refractivity contribution < 1.29 is 19.5 Å². The van der Waals surface area contributed by atoms with Crippen molar-refractivity contribution >= 4 is 17.8 Å². The Hall–Kier alpha value is -2.37. The first-order valence-corrected chi connectivity index (χ1v) is 9.44. The maximum absolute atomic E-state index is 12.9. The van der Waals surface area contributed by atoms with Crippen LogP contribution in [0.5, 0.6) is 0 Å². The van der Waals surface area contributed by atoms with Crippen LogP contribution in [0, 0.1) is 5.92 Å². The lowest BCUT2D eigenvalue weighted by atomic mass is 10.1. The Balaban J connectivity index is 2.05. The van der Waals surface area contributed by atoms with Gasteiger partial charge in [0.1, 0.15) is 0 Å². The number of carboxylic acid groups (broad SMARTS) is 1. The summed E-state index contributed by atoms with van der Waals surface area (Å²) < 4.78 is 0. The second-order valence-electron chi connectivity index (χ2n) is 6.78. The lowest BCUT2D eigenvalue weighted by molar-refractivity contribution is -0.141. The first kappa shape index (κ1) is 19.9. The smallest absolute Gasteiger partial charge is 0.308 e. The molecule has 1 saturated heterocycles. The van der Waals surface area contributed by atoms with E-state index in [-0.39, 0.29) is 24.8 Å². The molecule has 0 aliphatic carbocycles. The van der Waals surface area contributed by atoms with Crippen molar-refractivity contribution in [2.24, 2.45) is 5.92 Å². The van der Waals surface area contributed by atoms with Crippen molar-refractivity contribution in [1.29, 1.82) is 0 Å². The Morgan fingerprint density at radius 2 is 1.77 bits per heavy atom. The molecule has 0 spiro atoms. The molecule has 6 heteroatoms. The minimum atomic E-state index is -0.993. The molecule has 2 rings (SSSR count). The predicted octanol–water partition coefficient (Wildman–Crippen LogP) is 3.34. The third-order valence-electron chi connectivity index (χ3n) is 4.72. The average Bonchev–Trinajstić information content (AvgIpc) is 3.03. The first-order valence-electron chi connectivity index (χ1n) is 9.44. The van der Waals surface area contributed by atoms with E-state index in [9.17, 15) is 19.5 Å². The molecule has 1 atom stereocenters. The van der Waals surface area contributed by atoms with Crippen LogP contribution in [0.15, 0.2) is 30.3 Å². The van der Waals surface area contributed by atoms with Crippen LogP contribution < -0.4 is 0 Å². The van der Waals surface area contributed by atoms with Gasteiger partial charge in [0, 0.05) is 18.5 Å². The summed E-state index contributed by atoms with van der Waals surface area (Å²) >= 11 is 0. The monoisotopic (exact) mass is 360 g/mol. The van der Waals surface area contributed by atoms with E-state index < -0.39 is 11.9 Å². The Morgan fingerprint density at radius 1 is 1.12 bits per heavy atom. The highest BCUT2D eigenvalue weighted by atomic mass is 16.4. The molecule has 1 heterocycles. The van der Waals surface area contributed by atoms with Crippen LogP contribution in [0.4, 0.5) is 0 Å². The highest BCUT2D eigenvalue weighted by Crippen LogP contribution is 2.22. The zero-order valence-corrected chi connectivity index (χ0v) is 15.4. The molecule has 1 fully saturated rings. The first-order chi connectivity index (χ1) is 12.5. The van der Waals surface area contributed by atoms with Gasteiger partial charge in [-0.05, 0) is 18.6 Å². The lowest BCUT2D eigenvalue weighted by Gasteiger charge is -2.32. The van der Waals surface area contributed by atoms with E-state index >= 15 is 0 Å². The average molecular weight is 360 g/mol. The Kier molecular flexibility index (Phi) is 7.63. The molecule has 1 aromatic carbocycles. The Labute approximate surface area is 154 Å². The summed E-state index contributed by atoms with van der Waals surface area (Å²) in [5.41, 5.74) is 0.505. The number of carboxylic acids is 1. The molecule has 1 aromatic rings. The van der Waals surface area contributed by atoms with Crippen LogP contribution in [0.1, 0.15) is 62.2 Å². The molecular weight excluding hydrogens is 332 g/mol. The van der Waals surface area contributed by atoms with Gasteiger partial charge in [0.05, 0.1) is 12.5 Å². The van der Waals surface area contributed by atoms with Crippen molar-refractivity contribution in [2.75, 3.05) is 13.1 Å². The van der Waals surface area contributed by atoms with Crippen LogP contribution in [-0.4, -0.2) is 46.0 Å². The minimum absolute atomic E-state index is 0.0512. The van der Waals surface area contributed by atoms with Crippen molar-refractivity contribution in [3.05, 3.63) is 35.9 Å². The molecule has 1 aliphatic rings. The zero-order valence-electron chi connectivity index (χ0n) is 15.4. The number of carbonyl (C=O) groups excluding carboxylic acids is 2. The van der Waals surface area contributed by atoms with Gasteiger partial charge in [-0.1, -0.05) is 57.2 Å². The lowest BCUT2D eigenvalue weighted by Crippen LogP contribution is -2.48. The van der Waals surface area contributed by atoms with E-state index in [1.165, 1.54) is 29.3 Å². The second-order valence-corrected chi connectivity index (χ2v) is 6.78. The van der Waals surface area contributed by atoms with E-state index in [0.29, 0.717) is 12.1 Å². The van der Waals surface area contributed by atoms with Crippen molar-refractivity contribution in [3.63, 3.8) is 0 Å². The van der Waals surface area contributed by atoms with Gasteiger partial charge in [-0.15, -0.1) is 0 Å². The number of nitrogens with zero attached hydrogens (tertiary/aromatic N) is 2. The summed E-state index contributed by atoms with van der Waals surface area (Å²) in [7, 11) is 0. The number of rotatable bonds is 10. The number of benzene rings is 1. The van der Waals surface area contributed by atoms with Crippen LogP contribution in [0.25, 0.3) is 0 Å². The number of amides is 2. The van der Waals surface area contributed by atoms with Gasteiger partial charge < -0.3 is 5.11 Å². The minimum Gasteiger partial charge on any atom is -0.481 e. The summed E-state index contributed by atoms with van der Waals surface area (Å²) in [6, 6.07) is 8.82. The standard InChI is InChI=1S/C20H28N2O4/c1-2-3-4-5-6-10-13-21(19(24)16-11-8-7-9-12-16)22-15-17(20(25)26)14-18(22)23/h7-9,11-12,17H,2-6,10,13-15H2,1H3,(H,25,26). The highest BCUT2D eigenvalue weighted by molar-refractivity contribution is 5.96. The zero-order chi connectivity index (χ0) is 18.9. The normalized spacial score (nSPS) is 16.7. The topological polar surface area (TPSA) is 77.9 Å². The van der Waals surface area contributed by atoms with E-state index in [0.717, 1.165) is 19.3 Å². The summed E-state index contributed by atoms with van der Waals surface area (Å²) in [6.45, 7) is 2.65. The van der Waals surface area contributed by atoms with Gasteiger partial charge in [0.2, 0.25) is 5.91 Å². The number of aliphatic carboxylic acids is 1. The third kappa shape index (κ3) is 5.31. The van der Waals surface area contributed by atoms with Crippen LogP contribution in [0.3, 0.4) is 0 Å². The third-order valence-corrected chi connectivity index (χ3v) is 4.72. The number of unbranched alkanes of at least 4 members (excludes halogenated alkanes) is 5. The van der Waals surface area contributed by atoms with E-state index in [1.54, 1.807) is 24.3 Å². The molecule has 0 aromatic heterocycles. The van der Waals surface area contributed by atoms with Gasteiger partial charge >= 0.3 is 5.97 Å². The molecule has 26 heavy (non-hydrogen) atoms. The molecule has 6 nitrogen and oxygen atoms in total. The fourth-order valence-corrected chi connectivity index (χ4v) is 3.19. The van der Waals surface area contributed by atoms with E-state index in [1.807, 2.05) is 6.07 Å². The highest BCUT2D eigenvalue weighted by Gasteiger charge is 2.39. The fraction of sp³-hybridized carbons (Fsp3) is 0.550. The molecule has 1 aliphatic heterocycles. The predicted molar refractivity (Wildman–Crippen MR) is 98.3 cm³/mol. The van der Waals surface area contributed by atoms with Gasteiger partial charge in [0.15, 0.2) is 0 Å².